The van der Waals surface area contributed by atoms with E-state index < -0.39 is 0 Å². The summed E-state index contributed by atoms with van der Waals surface area (Å²) in [4.78, 5) is 2.52. The van der Waals surface area contributed by atoms with Gasteiger partial charge in [-0.1, -0.05) is 20.8 Å². The predicted molar refractivity (Wildman–Crippen MR) is 58.8 cm³/mol. The molecule has 0 N–H and O–H groups in total. The van der Waals surface area contributed by atoms with Gasteiger partial charge in [0.05, 0.1) is 12.0 Å². The maximum absolute atomic E-state index is 9.04. The Morgan fingerprint density at radius 2 is 2.21 bits per heavy atom. The Hall–Kier alpha value is -0.550. The fourth-order valence-electron chi connectivity index (χ4n) is 2.27. The van der Waals surface area contributed by atoms with E-state index in [1.807, 2.05) is 0 Å². The van der Waals surface area contributed by atoms with E-state index in [2.05, 4.69) is 38.7 Å². The number of rotatable bonds is 2. The zero-order chi connectivity index (χ0) is 10.8. The van der Waals surface area contributed by atoms with Crippen LogP contribution in [0.4, 0.5) is 0 Å². The first kappa shape index (κ1) is 11.5. The first-order valence-electron chi connectivity index (χ1n) is 5.65. The minimum absolute atomic E-state index is 0.163. The Balaban J connectivity index is 2.63. The summed E-state index contributed by atoms with van der Waals surface area (Å²) in [6.45, 7) is 11.1. The molecule has 0 bridgehead atoms. The molecule has 14 heavy (non-hydrogen) atoms. The predicted octanol–water partition coefficient (Wildman–Crippen LogP) is 2.66. The Morgan fingerprint density at radius 1 is 1.57 bits per heavy atom. The van der Waals surface area contributed by atoms with Gasteiger partial charge in [0.2, 0.25) is 0 Å². The van der Waals surface area contributed by atoms with E-state index in [-0.39, 0.29) is 11.3 Å². The Labute approximate surface area is 87.9 Å². The summed E-state index contributed by atoms with van der Waals surface area (Å²) >= 11 is 0. The molecule has 1 heterocycles. The lowest BCUT2D eigenvalue weighted by molar-refractivity contribution is 0.0541. The van der Waals surface area contributed by atoms with E-state index in [0.717, 1.165) is 19.5 Å². The second-order valence-corrected chi connectivity index (χ2v) is 5.19. The van der Waals surface area contributed by atoms with Crippen LogP contribution in [-0.4, -0.2) is 24.0 Å². The van der Waals surface area contributed by atoms with Gasteiger partial charge in [-0.3, -0.25) is 0 Å². The van der Waals surface area contributed by atoms with Crippen LogP contribution in [0.5, 0.6) is 0 Å². The van der Waals surface area contributed by atoms with Crippen molar-refractivity contribution in [3.05, 3.63) is 0 Å². The first-order valence-corrected chi connectivity index (χ1v) is 5.65. The molecule has 2 atom stereocenters. The van der Waals surface area contributed by atoms with Crippen LogP contribution in [0.15, 0.2) is 0 Å². The van der Waals surface area contributed by atoms with Crippen molar-refractivity contribution in [1.29, 1.82) is 5.26 Å². The van der Waals surface area contributed by atoms with Crippen molar-refractivity contribution in [1.82, 2.24) is 4.90 Å². The average molecular weight is 194 g/mol. The smallest absolute Gasteiger partial charge is 0.0662 e. The largest absolute Gasteiger partial charge is 0.300 e. The van der Waals surface area contributed by atoms with Crippen LogP contribution >= 0.6 is 0 Å². The van der Waals surface area contributed by atoms with Gasteiger partial charge < -0.3 is 4.90 Å². The molecule has 1 aliphatic rings. The molecule has 0 amide bonds. The molecule has 0 spiro atoms. The second kappa shape index (κ2) is 4.31. The molecule has 1 aliphatic heterocycles. The highest BCUT2D eigenvalue weighted by Gasteiger charge is 2.36. The number of nitrogens with zero attached hydrogens (tertiary/aromatic N) is 2. The highest BCUT2D eigenvalue weighted by molar-refractivity contribution is 4.98. The zero-order valence-electron chi connectivity index (χ0n) is 9.88. The highest BCUT2D eigenvalue weighted by atomic mass is 15.2. The number of hydrogen-bond donors (Lipinski definition) is 0. The number of nitriles is 1. The molecular weight excluding hydrogens is 172 g/mol. The van der Waals surface area contributed by atoms with Crippen LogP contribution in [-0.2, 0) is 0 Å². The van der Waals surface area contributed by atoms with E-state index in [0.29, 0.717) is 6.04 Å². The summed E-state index contributed by atoms with van der Waals surface area (Å²) in [6, 6.07) is 3.11. The van der Waals surface area contributed by atoms with E-state index in [1.54, 1.807) is 0 Å². The first-order chi connectivity index (χ1) is 6.51. The van der Waals surface area contributed by atoms with Gasteiger partial charge in [0, 0.05) is 12.6 Å². The molecular formula is C12H22N2. The summed E-state index contributed by atoms with van der Waals surface area (Å²) in [5.74, 6) is 0.239. The third kappa shape index (κ3) is 2.27. The van der Waals surface area contributed by atoms with Gasteiger partial charge in [-0.25, -0.2) is 0 Å². The topological polar surface area (TPSA) is 27.0 Å². The molecule has 2 unspecified atom stereocenters. The molecule has 0 aromatic rings. The van der Waals surface area contributed by atoms with Crippen LogP contribution in [0.3, 0.4) is 0 Å². The summed E-state index contributed by atoms with van der Waals surface area (Å²) in [6.07, 6.45) is 2.24. The van der Waals surface area contributed by atoms with Crippen molar-refractivity contribution in [2.24, 2.45) is 11.3 Å². The fourth-order valence-corrected chi connectivity index (χ4v) is 2.27. The molecule has 2 nitrogen and oxygen atoms in total. The lowest BCUT2D eigenvalue weighted by atomic mass is 9.74. The lowest BCUT2D eigenvalue weighted by Crippen LogP contribution is -2.48. The van der Waals surface area contributed by atoms with Gasteiger partial charge >= 0.3 is 0 Å². The molecule has 1 rings (SSSR count). The van der Waals surface area contributed by atoms with E-state index in [1.165, 1.54) is 6.42 Å². The molecule has 0 aromatic heterocycles. The Bertz CT molecular complexity index is 227. The fraction of sp³-hybridized carbons (Fsp3) is 0.917. The van der Waals surface area contributed by atoms with Crippen LogP contribution in [0.25, 0.3) is 0 Å². The maximum atomic E-state index is 9.04. The molecule has 0 radical (unpaired) electrons. The lowest BCUT2D eigenvalue weighted by Gasteiger charge is -2.43. The van der Waals surface area contributed by atoms with E-state index in [9.17, 15) is 0 Å². The van der Waals surface area contributed by atoms with E-state index >= 15 is 0 Å². The van der Waals surface area contributed by atoms with Gasteiger partial charge in [0.25, 0.3) is 0 Å². The van der Waals surface area contributed by atoms with Crippen LogP contribution < -0.4 is 0 Å². The molecule has 0 saturated carbocycles. The van der Waals surface area contributed by atoms with Gasteiger partial charge in [-0.2, -0.15) is 5.26 Å². The Morgan fingerprint density at radius 3 is 2.64 bits per heavy atom. The van der Waals surface area contributed by atoms with Crippen molar-refractivity contribution in [3.8, 4) is 6.07 Å². The number of likely N-dealkylation sites (tertiary alicyclic amines) is 1. The van der Waals surface area contributed by atoms with Crippen molar-refractivity contribution in [3.63, 3.8) is 0 Å². The monoisotopic (exact) mass is 194 g/mol. The maximum Gasteiger partial charge on any atom is 0.0662 e. The molecule has 2 heteroatoms. The van der Waals surface area contributed by atoms with Crippen molar-refractivity contribution in [2.45, 2.75) is 46.6 Å². The molecule has 1 saturated heterocycles. The molecule has 1 fully saturated rings. The van der Waals surface area contributed by atoms with Crippen molar-refractivity contribution in [2.75, 3.05) is 13.1 Å². The van der Waals surface area contributed by atoms with Crippen LogP contribution in [0, 0.1) is 22.7 Å². The minimum atomic E-state index is 0.163. The number of hydrogen-bond acceptors (Lipinski definition) is 2. The molecule has 80 valence electrons. The minimum Gasteiger partial charge on any atom is -0.300 e. The summed E-state index contributed by atoms with van der Waals surface area (Å²) in [5, 5.41) is 9.04. The van der Waals surface area contributed by atoms with Crippen LogP contribution in [0.1, 0.15) is 40.5 Å². The normalized spacial score (nSPS) is 29.5. The quantitative estimate of drug-likeness (QED) is 0.675. The number of piperidine rings is 1. The van der Waals surface area contributed by atoms with Crippen molar-refractivity contribution >= 4 is 0 Å². The highest BCUT2D eigenvalue weighted by Crippen LogP contribution is 2.35. The zero-order valence-corrected chi connectivity index (χ0v) is 9.88. The Kier molecular flexibility index (Phi) is 3.55. The summed E-state index contributed by atoms with van der Waals surface area (Å²) < 4.78 is 0. The molecule has 0 aromatic carbocycles. The SMILES string of the molecule is CCC(C)N1CCC(C#N)C(C)(C)C1. The van der Waals surface area contributed by atoms with Gasteiger partial charge in [0.15, 0.2) is 0 Å². The van der Waals surface area contributed by atoms with E-state index in [4.69, 9.17) is 5.26 Å². The second-order valence-electron chi connectivity index (χ2n) is 5.19. The van der Waals surface area contributed by atoms with Crippen LogP contribution in [0.2, 0.25) is 0 Å². The van der Waals surface area contributed by atoms with Crippen molar-refractivity contribution < 1.29 is 0 Å². The van der Waals surface area contributed by atoms with Gasteiger partial charge in [0.1, 0.15) is 0 Å². The summed E-state index contributed by atoms with van der Waals surface area (Å²) in [7, 11) is 0. The standard InChI is InChI=1S/C12H22N2/c1-5-10(2)14-7-6-11(8-13)12(3,4)9-14/h10-11H,5-7,9H2,1-4H3. The summed E-state index contributed by atoms with van der Waals surface area (Å²) in [5.41, 5.74) is 0.163. The average Bonchev–Trinajstić information content (AvgIpc) is 2.15. The van der Waals surface area contributed by atoms with Gasteiger partial charge in [-0.15, -0.1) is 0 Å². The molecule has 0 aliphatic carbocycles. The third-order valence-corrected chi connectivity index (χ3v) is 3.63. The third-order valence-electron chi connectivity index (χ3n) is 3.63. The van der Waals surface area contributed by atoms with Gasteiger partial charge in [-0.05, 0) is 31.7 Å².